The third-order valence-corrected chi connectivity index (χ3v) is 6.63. The van der Waals surface area contributed by atoms with Crippen LogP contribution in [-0.4, -0.2) is 49.6 Å². The van der Waals surface area contributed by atoms with Crippen LogP contribution in [0, 0.1) is 0 Å². The van der Waals surface area contributed by atoms with Crippen molar-refractivity contribution in [2.75, 3.05) is 20.8 Å². The van der Waals surface area contributed by atoms with Crippen molar-refractivity contribution >= 4 is 23.4 Å². The molecule has 0 aliphatic heterocycles. The quantitative estimate of drug-likeness (QED) is 0.320. The van der Waals surface area contributed by atoms with E-state index in [1.54, 1.807) is 43.4 Å². The van der Waals surface area contributed by atoms with E-state index in [2.05, 4.69) is 5.32 Å². The molecule has 0 unspecified atom stereocenters. The second-order valence-corrected chi connectivity index (χ2v) is 9.38. The van der Waals surface area contributed by atoms with Gasteiger partial charge >= 0.3 is 0 Å². The number of hydrogen-bond acceptors (Lipinski definition) is 5. The lowest BCUT2D eigenvalue weighted by Gasteiger charge is -2.32. The summed E-state index contributed by atoms with van der Waals surface area (Å²) in [6.07, 6.45) is 1.11. The number of methoxy groups -OCH3 is 2. The molecule has 3 aromatic rings. The molecule has 0 aliphatic rings. The van der Waals surface area contributed by atoms with E-state index in [4.69, 9.17) is 25.8 Å². The van der Waals surface area contributed by atoms with Crippen LogP contribution in [0.3, 0.4) is 0 Å². The van der Waals surface area contributed by atoms with E-state index >= 15 is 0 Å². The molecule has 0 spiro atoms. The molecule has 0 heterocycles. The van der Waals surface area contributed by atoms with Gasteiger partial charge in [-0.2, -0.15) is 0 Å². The van der Waals surface area contributed by atoms with Gasteiger partial charge in [-0.3, -0.25) is 9.59 Å². The van der Waals surface area contributed by atoms with Crippen LogP contribution in [0.15, 0.2) is 72.8 Å². The fraction of sp³-hybridized carbons (Fsp3) is 0.333. The number of nitrogens with one attached hydrogen (secondary N) is 1. The Bertz CT molecular complexity index is 1180. The van der Waals surface area contributed by atoms with Crippen molar-refractivity contribution in [2.45, 2.75) is 45.3 Å². The minimum Gasteiger partial charge on any atom is -0.496 e. The Morgan fingerprint density at radius 3 is 2.13 bits per heavy atom. The molecule has 7 nitrogen and oxygen atoms in total. The molecule has 2 atom stereocenters. The summed E-state index contributed by atoms with van der Waals surface area (Å²) in [6.45, 7) is 3.80. The van der Waals surface area contributed by atoms with Crippen LogP contribution in [-0.2, 0) is 22.6 Å². The van der Waals surface area contributed by atoms with Crippen LogP contribution in [0.1, 0.15) is 31.4 Å². The number of carbonyl (C=O) groups is 2. The molecule has 8 heteroatoms. The lowest BCUT2D eigenvalue weighted by molar-refractivity contribution is -0.143. The first-order valence-electron chi connectivity index (χ1n) is 12.6. The molecule has 3 rings (SSSR count). The van der Waals surface area contributed by atoms with Crippen molar-refractivity contribution in [2.24, 2.45) is 0 Å². The third-order valence-electron chi connectivity index (χ3n) is 6.26. The summed E-state index contributed by atoms with van der Waals surface area (Å²) in [6, 6.07) is 21.2. The topological polar surface area (TPSA) is 77.1 Å². The smallest absolute Gasteiger partial charge is 0.261 e. The highest BCUT2D eigenvalue weighted by atomic mass is 35.5. The lowest BCUT2D eigenvalue weighted by Crippen LogP contribution is -2.53. The highest BCUT2D eigenvalue weighted by Crippen LogP contribution is 2.28. The molecule has 0 saturated heterocycles. The normalized spacial score (nSPS) is 12.2. The Labute approximate surface area is 229 Å². The maximum absolute atomic E-state index is 13.7. The molecule has 0 bridgehead atoms. The van der Waals surface area contributed by atoms with Crippen molar-refractivity contribution in [3.05, 3.63) is 88.9 Å². The van der Waals surface area contributed by atoms with Crippen LogP contribution in [0.4, 0.5) is 0 Å². The second-order valence-electron chi connectivity index (χ2n) is 8.97. The number of ether oxygens (including phenoxy) is 3. The van der Waals surface area contributed by atoms with Crippen molar-refractivity contribution in [3.63, 3.8) is 0 Å². The van der Waals surface area contributed by atoms with Crippen LogP contribution >= 0.6 is 11.6 Å². The Balaban J connectivity index is 1.94. The fourth-order valence-electron chi connectivity index (χ4n) is 3.90. The minimum atomic E-state index is -0.779. The summed E-state index contributed by atoms with van der Waals surface area (Å²) in [5, 5.41) is 3.57. The highest BCUT2D eigenvalue weighted by molar-refractivity contribution is 6.31. The molecule has 38 heavy (non-hydrogen) atoms. The van der Waals surface area contributed by atoms with Gasteiger partial charge in [-0.25, -0.2) is 0 Å². The molecule has 2 amide bonds. The number of halogens is 1. The third kappa shape index (κ3) is 8.15. The average molecular weight is 539 g/mol. The van der Waals surface area contributed by atoms with Gasteiger partial charge in [-0.05, 0) is 30.5 Å². The molecule has 1 N–H and O–H groups in total. The van der Waals surface area contributed by atoms with Crippen LogP contribution in [0.25, 0.3) is 0 Å². The van der Waals surface area contributed by atoms with Crippen LogP contribution in [0.2, 0.25) is 5.02 Å². The predicted molar refractivity (Wildman–Crippen MR) is 149 cm³/mol. The van der Waals surface area contributed by atoms with Gasteiger partial charge in [-0.15, -0.1) is 0 Å². The molecule has 0 aliphatic carbocycles. The molecule has 0 radical (unpaired) electrons. The number of nitrogens with zero attached hydrogens (tertiary/aromatic N) is 1. The molecule has 0 saturated carbocycles. The summed E-state index contributed by atoms with van der Waals surface area (Å²) in [5.41, 5.74) is 1.67. The summed E-state index contributed by atoms with van der Waals surface area (Å²) in [4.78, 5) is 28.9. The van der Waals surface area contributed by atoms with Gasteiger partial charge in [0.15, 0.2) is 6.61 Å². The molecule has 0 fully saturated rings. The van der Waals surface area contributed by atoms with Gasteiger partial charge in [0, 0.05) is 42.2 Å². The van der Waals surface area contributed by atoms with Gasteiger partial charge in [-0.1, -0.05) is 67.1 Å². The van der Waals surface area contributed by atoms with Gasteiger partial charge in [0.05, 0.1) is 14.2 Å². The molecule has 202 valence electrons. The van der Waals surface area contributed by atoms with E-state index in [9.17, 15) is 9.59 Å². The summed E-state index contributed by atoms with van der Waals surface area (Å²) >= 11 is 6.47. The number of rotatable bonds is 13. The van der Waals surface area contributed by atoms with Crippen molar-refractivity contribution < 1.29 is 23.8 Å². The van der Waals surface area contributed by atoms with E-state index < -0.39 is 6.04 Å². The minimum absolute atomic E-state index is 0.0430. The van der Waals surface area contributed by atoms with Crippen molar-refractivity contribution in [1.82, 2.24) is 10.2 Å². The first kappa shape index (κ1) is 28.9. The van der Waals surface area contributed by atoms with Gasteiger partial charge in [0.25, 0.3) is 5.91 Å². The van der Waals surface area contributed by atoms with Gasteiger partial charge < -0.3 is 24.4 Å². The lowest BCUT2D eigenvalue weighted by atomic mass is 10.0. The number of hydrogen-bond donors (Lipinski definition) is 1. The summed E-state index contributed by atoms with van der Waals surface area (Å²) in [5.74, 6) is 0.902. The van der Waals surface area contributed by atoms with Gasteiger partial charge in [0.1, 0.15) is 23.3 Å². The van der Waals surface area contributed by atoms with E-state index in [-0.39, 0.29) is 31.0 Å². The number of amides is 2. The highest BCUT2D eigenvalue weighted by Gasteiger charge is 2.31. The number of carbonyl (C=O) groups excluding carboxylic acids is 2. The monoisotopic (exact) mass is 538 g/mol. The van der Waals surface area contributed by atoms with E-state index in [0.717, 1.165) is 17.5 Å². The Hall–Kier alpha value is -3.71. The summed E-state index contributed by atoms with van der Waals surface area (Å²) < 4.78 is 16.5. The maximum Gasteiger partial charge on any atom is 0.261 e. The SMILES string of the molecule is CC[C@@H](C)NC(=O)[C@H](Cc1ccccc1)N(Cc1ccccc1Cl)C(=O)COc1cc(OC)cc(OC)c1. The molecular formula is C30H35ClN2O5. The predicted octanol–water partition coefficient (Wildman–Crippen LogP) is 5.29. The standard InChI is InChI=1S/C30H35ClN2O5/c1-5-21(2)32-30(35)28(15-22-11-7-6-8-12-22)33(19-23-13-9-10-14-27(23)31)29(34)20-38-26-17-24(36-3)16-25(18-26)37-4/h6-14,16-18,21,28H,5,15,19-20H2,1-4H3,(H,32,35)/t21-,28+/m1/s1. The zero-order valence-electron chi connectivity index (χ0n) is 22.3. The van der Waals surface area contributed by atoms with E-state index in [1.807, 2.05) is 62.4 Å². The zero-order chi connectivity index (χ0) is 27.5. The second kappa shape index (κ2) is 14.3. The maximum atomic E-state index is 13.7. The van der Waals surface area contributed by atoms with Crippen LogP contribution < -0.4 is 19.5 Å². The van der Waals surface area contributed by atoms with Crippen molar-refractivity contribution in [3.8, 4) is 17.2 Å². The first-order chi connectivity index (χ1) is 18.3. The Morgan fingerprint density at radius 2 is 1.53 bits per heavy atom. The van der Waals surface area contributed by atoms with E-state index in [0.29, 0.717) is 28.7 Å². The molecule has 3 aromatic carbocycles. The van der Waals surface area contributed by atoms with E-state index in [1.165, 1.54) is 0 Å². The van der Waals surface area contributed by atoms with Gasteiger partial charge in [0.2, 0.25) is 5.91 Å². The van der Waals surface area contributed by atoms with Crippen LogP contribution in [0.5, 0.6) is 17.2 Å². The largest absolute Gasteiger partial charge is 0.496 e. The average Bonchev–Trinajstić information content (AvgIpc) is 2.94. The summed E-state index contributed by atoms with van der Waals surface area (Å²) in [7, 11) is 3.08. The molecular weight excluding hydrogens is 504 g/mol. The first-order valence-corrected chi connectivity index (χ1v) is 12.9. The van der Waals surface area contributed by atoms with Crippen molar-refractivity contribution in [1.29, 1.82) is 0 Å². The zero-order valence-corrected chi connectivity index (χ0v) is 23.0. The number of benzene rings is 3. The Morgan fingerprint density at radius 1 is 0.921 bits per heavy atom. The fourth-order valence-corrected chi connectivity index (χ4v) is 4.09. The Kier molecular flexibility index (Phi) is 10.8. The molecule has 0 aromatic heterocycles.